The Morgan fingerprint density at radius 3 is 2.58 bits per heavy atom. The summed E-state index contributed by atoms with van der Waals surface area (Å²) in [5, 5.41) is 0. The molecule has 1 fully saturated rings. The van der Waals surface area contributed by atoms with Gasteiger partial charge in [0.25, 0.3) is 0 Å². The van der Waals surface area contributed by atoms with Crippen molar-refractivity contribution in [2.75, 3.05) is 0 Å². The van der Waals surface area contributed by atoms with Crippen LogP contribution in [0, 0.1) is 11.3 Å². The number of alkyl halides is 2. The molecule has 0 saturated heterocycles. The predicted molar refractivity (Wildman–Crippen MR) is 76.7 cm³/mol. The average Bonchev–Trinajstić information content (AvgIpc) is 2.64. The number of benzene rings is 1. The van der Waals surface area contributed by atoms with Crippen molar-refractivity contribution >= 4 is 15.9 Å². The van der Waals surface area contributed by atoms with Gasteiger partial charge in [-0.3, -0.25) is 0 Å². The molecule has 0 radical (unpaired) electrons. The molecule has 0 bridgehead atoms. The Balaban J connectivity index is 1.82. The summed E-state index contributed by atoms with van der Waals surface area (Å²) in [7, 11) is 0. The largest absolute Gasteiger partial charge is 0.241 e. The van der Waals surface area contributed by atoms with E-state index in [1.807, 2.05) is 0 Å². The minimum Gasteiger partial charge on any atom is -0.210 e. The summed E-state index contributed by atoms with van der Waals surface area (Å²) in [6, 6.07) is 6.51. The molecule has 1 atom stereocenters. The molecule has 3 rings (SSSR count). The minimum atomic E-state index is -2.13. The van der Waals surface area contributed by atoms with Gasteiger partial charge in [-0.2, -0.15) is 0 Å². The molecule has 0 N–H and O–H groups in total. The summed E-state index contributed by atoms with van der Waals surface area (Å²) in [6.45, 7) is 2.28. The second kappa shape index (κ2) is 4.83. The van der Waals surface area contributed by atoms with Crippen LogP contribution in [0.1, 0.15) is 49.7 Å². The lowest BCUT2D eigenvalue weighted by Gasteiger charge is -2.40. The van der Waals surface area contributed by atoms with Gasteiger partial charge in [-0.15, -0.1) is 0 Å². The van der Waals surface area contributed by atoms with Crippen LogP contribution in [0.3, 0.4) is 0 Å². The molecule has 3 heteroatoms. The molecular weight excluding hydrogens is 310 g/mol. The molecule has 1 aromatic rings. The van der Waals surface area contributed by atoms with Crippen LogP contribution in [0.2, 0.25) is 0 Å². The Morgan fingerprint density at radius 1 is 1.26 bits per heavy atom. The van der Waals surface area contributed by atoms with Gasteiger partial charge in [-0.25, -0.2) is 8.78 Å². The second-order valence-corrected chi connectivity index (χ2v) is 7.19. The van der Waals surface area contributed by atoms with Gasteiger partial charge in [-0.05, 0) is 66.7 Å². The van der Waals surface area contributed by atoms with E-state index in [0.29, 0.717) is 18.8 Å². The topological polar surface area (TPSA) is 0 Å². The summed E-state index contributed by atoms with van der Waals surface area (Å²) in [4.78, 5) is 0. The molecule has 0 aromatic heterocycles. The Hall–Kier alpha value is -0.440. The van der Waals surface area contributed by atoms with Gasteiger partial charge in [0.15, 0.2) is 0 Å². The number of fused-ring (bicyclic) bond motifs is 1. The minimum absolute atomic E-state index is 0.245. The third-order valence-electron chi connectivity index (χ3n) is 5.42. The SMILES string of the molecule is CC1c2cc(Br)ccc2CC12CCC(C(F)F)CC2. The smallest absolute Gasteiger partial charge is 0.210 e. The molecule has 0 amide bonds. The fourth-order valence-electron chi connectivity index (χ4n) is 4.07. The Kier molecular flexibility index (Phi) is 3.45. The standard InChI is InChI=1S/C16H19BrF2/c1-10-14-8-13(17)3-2-12(14)9-16(10)6-4-11(5-7-16)15(18)19/h2-3,8,10-11,15H,4-7,9H2,1H3. The van der Waals surface area contributed by atoms with E-state index in [2.05, 4.69) is 41.1 Å². The van der Waals surface area contributed by atoms with Gasteiger partial charge < -0.3 is 0 Å². The lowest BCUT2D eigenvalue weighted by Crippen LogP contribution is -2.32. The van der Waals surface area contributed by atoms with E-state index in [1.54, 1.807) is 0 Å². The zero-order valence-electron chi connectivity index (χ0n) is 11.1. The molecular formula is C16H19BrF2. The van der Waals surface area contributed by atoms with E-state index in [-0.39, 0.29) is 11.3 Å². The first-order valence-corrected chi connectivity index (χ1v) is 7.88. The van der Waals surface area contributed by atoms with Crippen LogP contribution in [0.4, 0.5) is 8.78 Å². The first-order valence-electron chi connectivity index (χ1n) is 7.08. The van der Waals surface area contributed by atoms with Gasteiger partial charge in [0.2, 0.25) is 6.43 Å². The van der Waals surface area contributed by atoms with Gasteiger partial charge in [0, 0.05) is 10.4 Å². The molecule has 1 aromatic carbocycles. The van der Waals surface area contributed by atoms with Gasteiger partial charge >= 0.3 is 0 Å². The molecule has 1 spiro atoms. The number of halogens is 3. The van der Waals surface area contributed by atoms with Crippen molar-refractivity contribution in [2.45, 2.75) is 51.4 Å². The quantitative estimate of drug-likeness (QED) is 0.634. The maximum Gasteiger partial charge on any atom is 0.241 e. The van der Waals surface area contributed by atoms with Crippen LogP contribution in [-0.2, 0) is 6.42 Å². The number of hydrogen-bond acceptors (Lipinski definition) is 0. The van der Waals surface area contributed by atoms with Crippen LogP contribution in [0.5, 0.6) is 0 Å². The summed E-state index contributed by atoms with van der Waals surface area (Å²) in [6.07, 6.45) is 2.23. The summed E-state index contributed by atoms with van der Waals surface area (Å²) < 4.78 is 26.7. The van der Waals surface area contributed by atoms with Crippen LogP contribution >= 0.6 is 15.9 Å². The average molecular weight is 329 g/mol. The second-order valence-electron chi connectivity index (χ2n) is 6.28. The molecule has 104 valence electrons. The van der Waals surface area contributed by atoms with Crippen molar-refractivity contribution in [2.24, 2.45) is 11.3 Å². The van der Waals surface area contributed by atoms with Crippen LogP contribution < -0.4 is 0 Å². The van der Waals surface area contributed by atoms with E-state index in [9.17, 15) is 8.78 Å². The van der Waals surface area contributed by atoms with Crippen LogP contribution in [0.15, 0.2) is 22.7 Å². The van der Waals surface area contributed by atoms with E-state index in [1.165, 1.54) is 11.1 Å². The molecule has 2 aliphatic rings. The monoisotopic (exact) mass is 328 g/mol. The molecule has 0 nitrogen and oxygen atoms in total. The van der Waals surface area contributed by atoms with Gasteiger partial charge in [0.05, 0.1) is 0 Å². The number of rotatable bonds is 1. The molecule has 19 heavy (non-hydrogen) atoms. The maximum atomic E-state index is 12.8. The van der Waals surface area contributed by atoms with Crippen molar-refractivity contribution in [1.29, 1.82) is 0 Å². The zero-order chi connectivity index (χ0) is 13.6. The highest BCUT2D eigenvalue weighted by molar-refractivity contribution is 9.10. The highest BCUT2D eigenvalue weighted by Crippen LogP contribution is 2.56. The fraction of sp³-hybridized carbons (Fsp3) is 0.625. The van der Waals surface area contributed by atoms with Crippen molar-refractivity contribution < 1.29 is 8.78 Å². The summed E-state index contributed by atoms with van der Waals surface area (Å²) in [5.74, 6) is 0.131. The normalized spacial score (nSPS) is 33.9. The summed E-state index contributed by atoms with van der Waals surface area (Å²) in [5.41, 5.74) is 3.09. The lowest BCUT2D eigenvalue weighted by atomic mass is 9.64. The predicted octanol–water partition coefficient (Wildman–Crippen LogP) is 5.55. The lowest BCUT2D eigenvalue weighted by molar-refractivity contribution is 0.0204. The van der Waals surface area contributed by atoms with E-state index in [0.717, 1.165) is 23.7 Å². The fourth-order valence-corrected chi connectivity index (χ4v) is 4.45. The first kappa shape index (κ1) is 13.5. The molecule has 1 unspecified atom stereocenters. The van der Waals surface area contributed by atoms with Crippen molar-refractivity contribution in [3.8, 4) is 0 Å². The van der Waals surface area contributed by atoms with E-state index < -0.39 is 6.43 Å². The Labute approximate surface area is 121 Å². The Morgan fingerprint density at radius 2 is 1.95 bits per heavy atom. The van der Waals surface area contributed by atoms with E-state index >= 15 is 0 Å². The van der Waals surface area contributed by atoms with Gasteiger partial charge in [0.1, 0.15) is 0 Å². The molecule has 0 aliphatic heterocycles. The Bertz CT molecular complexity index is 476. The van der Waals surface area contributed by atoms with Crippen LogP contribution in [-0.4, -0.2) is 6.43 Å². The van der Waals surface area contributed by atoms with Gasteiger partial charge in [-0.1, -0.05) is 28.9 Å². The van der Waals surface area contributed by atoms with E-state index in [4.69, 9.17) is 0 Å². The number of hydrogen-bond donors (Lipinski definition) is 0. The van der Waals surface area contributed by atoms with Crippen molar-refractivity contribution in [1.82, 2.24) is 0 Å². The zero-order valence-corrected chi connectivity index (χ0v) is 12.7. The molecule has 1 saturated carbocycles. The highest BCUT2D eigenvalue weighted by atomic mass is 79.9. The molecule has 0 heterocycles. The maximum absolute atomic E-state index is 12.8. The molecule has 2 aliphatic carbocycles. The highest BCUT2D eigenvalue weighted by Gasteiger charge is 2.46. The van der Waals surface area contributed by atoms with Crippen molar-refractivity contribution in [3.63, 3.8) is 0 Å². The third kappa shape index (κ3) is 2.24. The third-order valence-corrected chi connectivity index (χ3v) is 5.91. The van der Waals surface area contributed by atoms with Crippen LogP contribution in [0.25, 0.3) is 0 Å². The first-order chi connectivity index (χ1) is 9.02. The van der Waals surface area contributed by atoms with Crippen molar-refractivity contribution in [3.05, 3.63) is 33.8 Å². The summed E-state index contributed by atoms with van der Waals surface area (Å²) >= 11 is 3.53.